The third-order valence-electron chi connectivity index (χ3n) is 5.68. The van der Waals surface area contributed by atoms with Crippen LogP contribution in [0.4, 0.5) is 0 Å². The maximum Gasteiger partial charge on any atom is 0.338 e. The van der Waals surface area contributed by atoms with Gasteiger partial charge in [0.05, 0.1) is 32.3 Å². The molecule has 1 saturated heterocycles. The number of aryl methyl sites for hydroxylation is 1. The van der Waals surface area contributed by atoms with Gasteiger partial charge in [0.25, 0.3) is 5.91 Å². The number of nitrogens with zero attached hydrogens (tertiary/aromatic N) is 2. The lowest BCUT2D eigenvalue weighted by Gasteiger charge is -2.13. The number of carbonyl (C=O) groups excluding carboxylic acids is 1. The van der Waals surface area contributed by atoms with E-state index < -0.39 is 12.1 Å². The number of aromatic nitrogens is 2. The third kappa shape index (κ3) is 3.49. The van der Waals surface area contributed by atoms with Crippen molar-refractivity contribution in [3.05, 3.63) is 52.7 Å². The first-order valence-corrected chi connectivity index (χ1v) is 11.2. The van der Waals surface area contributed by atoms with Crippen molar-refractivity contribution < 1.29 is 24.5 Å². The van der Waals surface area contributed by atoms with Crippen molar-refractivity contribution in [3.8, 4) is 11.5 Å². The molecule has 1 fully saturated rings. The zero-order valence-electron chi connectivity index (χ0n) is 17.3. The number of amides is 1. The summed E-state index contributed by atoms with van der Waals surface area (Å²) in [6.45, 7) is 2.79. The number of nitrogens with one attached hydrogen (secondary N) is 1. The molecular formula is C23H21N3O5S. The number of benzene rings is 1. The summed E-state index contributed by atoms with van der Waals surface area (Å²) in [5.41, 5.74) is 2.31. The summed E-state index contributed by atoms with van der Waals surface area (Å²) >= 11 is 1.31. The predicted molar refractivity (Wildman–Crippen MR) is 121 cm³/mol. The quantitative estimate of drug-likeness (QED) is 0.422. The fraction of sp³-hybridized carbons (Fsp3) is 0.261. The Bertz CT molecular complexity index is 1360. The van der Waals surface area contributed by atoms with Crippen molar-refractivity contribution in [2.24, 2.45) is 0 Å². The number of aromatic amines is 1. The van der Waals surface area contributed by atoms with Gasteiger partial charge in [-0.2, -0.15) is 0 Å². The number of likely N-dealkylation sites (tertiary alicyclic amines) is 1. The SMILES string of the molecule is CCc1[nH]c2cc(Oc3ccnc4cc(C(=O)N5CCC(O)C5)sc34)ccc2c1C(=O)O. The monoisotopic (exact) mass is 451 g/mol. The van der Waals surface area contributed by atoms with Crippen molar-refractivity contribution in [1.29, 1.82) is 0 Å². The molecular weight excluding hydrogens is 430 g/mol. The molecule has 3 aromatic heterocycles. The van der Waals surface area contributed by atoms with Crippen molar-refractivity contribution in [1.82, 2.24) is 14.9 Å². The van der Waals surface area contributed by atoms with Crippen molar-refractivity contribution >= 4 is 44.3 Å². The van der Waals surface area contributed by atoms with Crippen LogP contribution in [0.1, 0.15) is 39.1 Å². The maximum absolute atomic E-state index is 12.8. The van der Waals surface area contributed by atoms with E-state index in [0.29, 0.717) is 64.4 Å². The van der Waals surface area contributed by atoms with Gasteiger partial charge in [0, 0.05) is 42.5 Å². The third-order valence-corrected chi connectivity index (χ3v) is 6.81. The minimum Gasteiger partial charge on any atom is -0.478 e. The van der Waals surface area contributed by atoms with Gasteiger partial charge < -0.3 is 24.8 Å². The van der Waals surface area contributed by atoms with Gasteiger partial charge in [-0.05, 0) is 31.0 Å². The number of aliphatic hydroxyl groups is 1. The maximum atomic E-state index is 12.8. The Hall–Kier alpha value is -3.43. The zero-order valence-corrected chi connectivity index (χ0v) is 18.1. The molecule has 0 saturated carbocycles. The van der Waals surface area contributed by atoms with E-state index >= 15 is 0 Å². The van der Waals surface area contributed by atoms with Gasteiger partial charge in [-0.25, -0.2) is 4.79 Å². The number of β-amino-alcohol motifs (C(OH)–C–C–N with tert-alkyl or cyclic N) is 1. The van der Waals surface area contributed by atoms with Crippen LogP contribution < -0.4 is 4.74 Å². The molecule has 0 aliphatic carbocycles. The minimum absolute atomic E-state index is 0.114. The number of fused-ring (bicyclic) bond motifs is 2. The lowest BCUT2D eigenvalue weighted by Crippen LogP contribution is -2.28. The number of carboxylic acid groups (broad SMARTS) is 1. The minimum atomic E-state index is -0.959. The summed E-state index contributed by atoms with van der Waals surface area (Å²) < 4.78 is 6.87. The lowest BCUT2D eigenvalue weighted by molar-refractivity contribution is 0.0697. The van der Waals surface area contributed by atoms with Gasteiger partial charge in [0.15, 0.2) is 0 Å². The van der Waals surface area contributed by atoms with Crippen LogP contribution in [0.3, 0.4) is 0 Å². The Balaban J connectivity index is 1.47. The van der Waals surface area contributed by atoms with Gasteiger partial charge in [-0.3, -0.25) is 9.78 Å². The highest BCUT2D eigenvalue weighted by atomic mass is 32.1. The van der Waals surface area contributed by atoms with Crippen LogP contribution in [-0.2, 0) is 6.42 Å². The first-order valence-electron chi connectivity index (χ1n) is 10.4. The van der Waals surface area contributed by atoms with Crippen molar-refractivity contribution in [2.75, 3.05) is 13.1 Å². The summed E-state index contributed by atoms with van der Waals surface area (Å²) in [5, 5.41) is 19.9. The molecule has 1 atom stereocenters. The van der Waals surface area contributed by atoms with Gasteiger partial charge in [0.1, 0.15) is 11.5 Å². The molecule has 1 aliphatic rings. The molecule has 164 valence electrons. The normalized spacial score (nSPS) is 16.2. The van der Waals surface area contributed by atoms with E-state index in [1.807, 2.05) is 6.92 Å². The van der Waals surface area contributed by atoms with Crippen molar-refractivity contribution in [3.63, 3.8) is 0 Å². The second kappa shape index (κ2) is 7.92. The van der Waals surface area contributed by atoms with E-state index in [1.54, 1.807) is 41.4 Å². The predicted octanol–water partition coefficient (Wildman–Crippen LogP) is 4.04. The zero-order chi connectivity index (χ0) is 22.4. The number of pyridine rings is 1. The van der Waals surface area contributed by atoms with E-state index in [1.165, 1.54) is 11.3 Å². The molecule has 4 aromatic rings. The average molecular weight is 452 g/mol. The van der Waals surface area contributed by atoms with Crippen molar-refractivity contribution in [2.45, 2.75) is 25.9 Å². The summed E-state index contributed by atoms with van der Waals surface area (Å²) in [6, 6.07) is 8.74. The fourth-order valence-electron chi connectivity index (χ4n) is 4.11. The largest absolute Gasteiger partial charge is 0.478 e. The lowest BCUT2D eigenvalue weighted by atomic mass is 10.1. The van der Waals surface area contributed by atoms with Gasteiger partial charge in [-0.15, -0.1) is 11.3 Å². The second-order valence-corrected chi connectivity index (χ2v) is 8.83. The Morgan fingerprint density at radius 1 is 1.31 bits per heavy atom. The summed E-state index contributed by atoms with van der Waals surface area (Å²) in [7, 11) is 0. The standard InChI is InChI=1S/C23H21N3O5S/c1-2-15-20(23(29)30)14-4-3-13(9-16(14)25-15)31-18-5-7-24-17-10-19(32-21(17)18)22(28)26-8-6-12(27)11-26/h3-5,7,9-10,12,25,27H,2,6,8,11H2,1H3,(H,29,30). The molecule has 0 radical (unpaired) electrons. The molecule has 4 heterocycles. The van der Waals surface area contributed by atoms with Gasteiger partial charge >= 0.3 is 5.97 Å². The number of ether oxygens (including phenoxy) is 1. The molecule has 1 unspecified atom stereocenters. The highest BCUT2D eigenvalue weighted by Crippen LogP contribution is 2.37. The fourth-order valence-corrected chi connectivity index (χ4v) is 5.15. The van der Waals surface area contributed by atoms with E-state index in [0.717, 1.165) is 4.70 Å². The molecule has 1 amide bonds. The number of aliphatic hydroxyl groups excluding tert-OH is 1. The number of thiophene rings is 1. The topological polar surface area (TPSA) is 116 Å². The Morgan fingerprint density at radius 3 is 2.88 bits per heavy atom. The number of hydrogen-bond acceptors (Lipinski definition) is 6. The molecule has 1 aliphatic heterocycles. The average Bonchev–Trinajstić information content (AvgIpc) is 3.49. The van der Waals surface area contributed by atoms with Crippen LogP contribution in [0.5, 0.6) is 11.5 Å². The highest BCUT2D eigenvalue weighted by molar-refractivity contribution is 7.21. The van der Waals surface area contributed by atoms with Gasteiger partial charge in [-0.1, -0.05) is 6.92 Å². The number of carboxylic acids is 1. The molecule has 32 heavy (non-hydrogen) atoms. The highest BCUT2D eigenvalue weighted by Gasteiger charge is 2.27. The summed E-state index contributed by atoms with van der Waals surface area (Å²) in [5.74, 6) is 0.0471. The van der Waals surface area contributed by atoms with Gasteiger partial charge in [0.2, 0.25) is 0 Å². The van der Waals surface area contributed by atoms with E-state index in [9.17, 15) is 19.8 Å². The van der Waals surface area contributed by atoms with Crippen LogP contribution in [0, 0.1) is 0 Å². The van der Waals surface area contributed by atoms with Crippen LogP contribution in [0.15, 0.2) is 36.5 Å². The van der Waals surface area contributed by atoms with Crippen LogP contribution in [-0.4, -0.2) is 56.2 Å². The Labute approximate surface area is 187 Å². The molecule has 8 nitrogen and oxygen atoms in total. The smallest absolute Gasteiger partial charge is 0.338 e. The second-order valence-electron chi connectivity index (χ2n) is 7.77. The molecule has 1 aromatic carbocycles. The van der Waals surface area contributed by atoms with E-state index in [2.05, 4.69) is 9.97 Å². The number of H-pyrrole nitrogens is 1. The molecule has 9 heteroatoms. The first kappa shape index (κ1) is 20.5. The summed E-state index contributed by atoms with van der Waals surface area (Å²) in [4.78, 5) is 34.2. The molecule has 3 N–H and O–H groups in total. The van der Waals surface area contributed by atoms with Crippen LogP contribution >= 0.6 is 11.3 Å². The number of rotatable bonds is 5. The first-order chi connectivity index (χ1) is 15.4. The van der Waals surface area contributed by atoms with Crippen LogP contribution in [0.25, 0.3) is 21.1 Å². The Morgan fingerprint density at radius 2 is 2.16 bits per heavy atom. The summed E-state index contributed by atoms with van der Waals surface area (Å²) in [6.07, 6.45) is 2.33. The number of aromatic carboxylic acids is 1. The number of carbonyl (C=O) groups is 2. The molecule has 5 rings (SSSR count). The molecule has 0 bridgehead atoms. The van der Waals surface area contributed by atoms with E-state index in [4.69, 9.17) is 4.74 Å². The molecule has 0 spiro atoms. The number of hydrogen-bond donors (Lipinski definition) is 3. The van der Waals surface area contributed by atoms with E-state index in [-0.39, 0.29) is 11.5 Å². The Kier molecular flexibility index (Phi) is 5.07. The van der Waals surface area contributed by atoms with Crippen LogP contribution in [0.2, 0.25) is 0 Å².